The molecule has 35 heavy (non-hydrogen) atoms. The third-order valence-electron chi connectivity index (χ3n) is 10.0. The summed E-state index contributed by atoms with van der Waals surface area (Å²) in [7, 11) is -0.258. The SMILES string of the molecule is CO/N=C1\C=C2C(C)C[C@@H]3[C@H](CC[C@@]4(C)[C@H]3CC[C@]4(OC(C)=O)C(=O)CO[Si](C)(C)C)[C@@]2(C)CC1. The first-order chi connectivity index (χ1) is 16.3. The Kier molecular flexibility index (Phi) is 6.93. The number of carbonyl (C=O) groups excluding carboxylic acids is 2. The molecule has 0 spiro atoms. The van der Waals surface area contributed by atoms with Gasteiger partial charge in [0.05, 0.1) is 12.3 Å². The largest absolute Gasteiger partial charge is 0.451 e. The smallest absolute Gasteiger partial charge is 0.303 e. The lowest BCUT2D eigenvalue weighted by molar-refractivity contribution is -0.189. The van der Waals surface area contributed by atoms with E-state index < -0.39 is 13.9 Å². The average Bonchev–Trinajstić information content (AvgIpc) is 3.05. The molecule has 7 heteroatoms. The number of allylic oxidation sites excluding steroid dienone is 2. The molecular formula is C28H45NO5Si. The zero-order chi connectivity index (χ0) is 25.8. The van der Waals surface area contributed by atoms with Crippen LogP contribution in [0.4, 0.5) is 0 Å². The van der Waals surface area contributed by atoms with Crippen molar-refractivity contribution in [1.29, 1.82) is 0 Å². The van der Waals surface area contributed by atoms with Crippen LogP contribution in [-0.4, -0.2) is 45.1 Å². The van der Waals surface area contributed by atoms with Gasteiger partial charge in [-0.2, -0.15) is 0 Å². The van der Waals surface area contributed by atoms with Crippen LogP contribution in [0.3, 0.4) is 0 Å². The second-order valence-corrected chi connectivity index (χ2v) is 17.5. The lowest BCUT2D eigenvalue weighted by Gasteiger charge is -2.60. The number of esters is 1. The Balaban J connectivity index is 1.67. The molecule has 0 N–H and O–H groups in total. The van der Waals surface area contributed by atoms with Gasteiger partial charge in [0, 0.05) is 12.3 Å². The molecule has 4 aliphatic carbocycles. The minimum atomic E-state index is -1.88. The van der Waals surface area contributed by atoms with Gasteiger partial charge in [-0.1, -0.05) is 31.5 Å². The number of ether oxygens (including phenoxy) is 1. The predicted molar refractivity (Wildman–Crippen MR) is 139 cm³/mol. The van der Waals surface area contributed by atoms with Gasteiger partial charge in [-0.3, -0.25) is 9.59 Å². The minimum Gasteiger partial charge on any atom is -0.451 e. The van der Waals surface area contributed by atoms with E-state index >= 15 is 0 Å². The van der Waals surface area contributed by atoms with Gasteiger partial charge >= 0.3 is 5.97 Å². The zero-order valence-corrected chi connectivity index (χ0v) is 24.0. The highest BCUT2D eigenvalue weighted by Gasteiger charge is 2.68. The third-order valence-corrected chi connectivity index (χ3v) is 11.0. The van der Waals surface area contributed by atoms with E-state index in [4.69, 9.17) is 14.0 Å². The van der Waals surface area contributed by atoms with E-state index in [0.717, 1.165) is 44.2 Å². The summed E-state index contributed by atoms with van der Waals surface area (Å²) in [4.78, 5) is 31.2. The Morgan fingerprint density at radius 3 is 2.43 bits per heavy atom. The molecule has 0 aromatic heterocycles. The van der Waals surface area contributed by atoms with Crippen molar-refractivity contribution < 1.29 is 23.6 Å². The molecule has 0 heterocycles. The quantitative estimate of drug-likeness (QED) is 0.255. The van der Waals surface area contributed by atoms with Crippen LogP contribution in [-0.2, 0) is 23.6 Å². The fourth-order valence-corrected chi connectivity index (χ4v) is 9.07. The first-order valence-corrected chi connectivity index (χ1v) is 16.9. The molecule has 0 aliphatic heterocycles. The van der Waals surface area contributed by atoms with Crippen LogP contribution in [0, 0.1) is 34.5 Å². The van der Waals surface area contributed by atoms with E-state index in [0.29, 0.717) is 30.1 Å². The molecule has 4 aliphatic rings. The summed E-state index contributed by atoms with van der Waals surface area (Å²) in [5.41, 5.74) is 1.30. The van der Waals surface area contributed by atoms with Crippen molar-refractivity contribution in [3.8, 4) is 0 Å². The molecule has 1 unspecified atom stereocenters. The Bertz CT molecular complexity index is 938. The Morgan fingerprint density at radius 1 is 1.11 bits per heavy atom. The van der Waals surface area contributed by atoms with Crippen molar-refractivity contribution in [2.24, 2.45) is 39.7 Å². The van der Waals surface area contributed by atoms with Gasteiger partial charge in [-0.25, -0.2) is 0 Å². The summed E-state index contributed by atoms with van der Waals surface area (Å²) in [5, 5.41) is 4.25. The normalized spacial score (nSPS) is 41.9. The van der Waals surface area contributed by atoms with E-state index in [9.17, 15) is 9.59 Å². The summed E-state index contributed by atoms with van der Waals surface area (Å²) < 4.78 is 12.1. The predicted octanol–water partition coefficient (Wildman–Crippen LogP) is 5.92. The summed E-state index contributed by atoms with van der Waals surface area (Å²) in [6.45, 7) is 14.8. The number of hydrogen-bond acceptors (Lipinski definition) is 6. The average molecular weight is 504 g/mol. The van der Waals surface area contributed by atoms with Gasteiger partial charge in [-0.05, 0) is 99.7 Å². The van der Waals surface area contributed by atoms with E-state index in [1.165, 1.54) is 12.5 Å². The highest BCUT2D eigenvalue weighted by Crippen LogP contribution is 2.69. The van der Waals surface area contributed by atoms with Gasteiger partial charge in [-0.15, -0.1) is 0 Å². The van der Waals surface area contributed by atoms with Crippen LogP contribution >= 0.6 is 0 Å². The fraction of sp³-hybridized carbons (Fsp3) is 0.821. The maximum atomic E-state index is 13.8. The maximum absolute atomic E-state index is 13.8. The standard InChI is InChI=1S/C28H45NO5Si/c1-18-15-21-22(26(3)12-9-20(29-32-5)16-24(18)26)10-13-27(4)23(21)11-14-28(27,34-19(2)30)25(31)17-33-35(6,7)8/h16,18,21-23H,9-15,17H2,1-8H3/b29-20-/t18?,21-,22+,23+,26-,27+,28+/m1/s1. The Hall–Kier alpha value is -1.47. The van der Waals surface area contributed by atoms with Gasteiger partial charge in [0.2, 0.25) is 5.78 Å². The van der Waals surface area contributed by atoms with Crippen LogP contribution < -0.4 is 0 Å². The molecule has 7 atom stereocenters. The first kappa shape index (κ1) is 26.6. The van der Waals surface area contributed by atoms with Crippen molar-refractivity contribution in [3.63, 3.8) is 0 Å². The second-order valence-electron chi connectivity index (χ2n) is 13.0. The van der Waals surface area contributed by atoms with Crippen molar-refractivity contribution in [2.75, 3.05) is 13.7 Å². The van der Waals surface area contributed by atoms with E-state index in [1.54, 1.807) is 7.11 Å². The molecule has 196 valence electrons. The molecule has 0 aromatic carbocycles. The number of hydrogen-bond donors (Lipinski definition) is 0. The topological polar surface area (TPSA) is 74.2 Å². The van der Waals surface area contributed by atoms with Crippen molar-refractivity contribution in [3.05, 3.63) is 11.6 Å². The first-order valence-electron chi connectivity index (χ1n) is 13.5. The number of Topliss-reactive ketones (excluding diaryl/α,β-unsaturated/α-hetero) is 1. The van der Waals surface area contributed by atoms with Crippen molar-refractivity contribution >= 4 is 25.8 Å². The second kappa shape index (κ2) is 9.12. The van der Waals surface area contributed by atoms with E-state index in [2.05, 4.69) is 51.6 Å². The fourth-order valence-electron chi connectivity index (χ4n) is 8.51. The molecule has 0 radical (unpaired) electrons. The number of nitrogens with zero attached hydrogens (tertiary/aromatic N) is 1. The van der Waals surface area contributed by atoms with Crippen LogP contribution in [0.1, 0.15) is 72.6 Å². The molecule has 4 rings (SSSR count). The number of fused-ring (bicyclic) bond motifs is 5. The molecule has 0 aromatic rings. The van der Waals surface area contributed by atoms with Crippen molar-refractivity contribution in [1.82, 2.24) is 0 Å². The van der Waals surface area contributed by atoms with Crippen molar-refractivity contribution in [2.45, 2.75) is 97.9 Å². The number of carbonyl (C=O) groups is 2. The summed E-state index contributed by atoms with van der Waals surface area (Å²) >= 11 is 0. The summed E-state index contributed by atoms with van der Waals surface area (Å²) in [6, 6.07) is 0. The molecule has 0 bridgehead atoms. The van der Waals surface area contributed by atoms with Crippen LogP contribution in [0.2, 0.25) is 19.6 Å². The van der Waals surface area contributed by atoms with Crippen LogP contribution in [0.25, 0.3) is 0 Å². The lowest BCUT2D eigenvalue weighted by atomic mass is 9.44. The van der Waals surface area contributed by atoms with Gasteiger partial charge in [0.1, 0.15) is 7.11 Å². The van der Waals surface area contributed by atoms with Gasteiger partial charge < -0.3 is 14.0 Å². The number of rotatable bonds is 6. The van der Waals surface area contributed by atoms with Gasteiger partial charge in [0.15, 0.2) is 13.9 Å². The molecule has 6 nitrogen and oxygen atoms in total. The van der Waals surface area contributed by atoms with Crippen LogP contribution in [0.5, 0.6) is 0 Å². The molecule has 3 saturated carbocycles. The van der Waals surface area contributed by atoms with E-state index in [1.807, 2.05) is 0 Å². The molecule has 0 amide bonds. The highest BCUT2D eigenvalue weighted by atomic mass is 28.4. The summed E-state index contributed by atoms with van der Waals surface area (Å²) in [6.07, 6.45) is 8.95. The van der Waals surface area contributed by atoms with E-state index in [-0.39, 0.29) is 29.2 Å². The molecular weight excluding hydrogens is 458 g/mol. The summed E-state index contributed by atoms with van der Waals surface area (Å²) in [5.74, 6) is 1.53. The number of oxime groups is 1. The minimum absolute atomic E-state index is 0.0349. The van der Waals surface area contributed by atoms with Crippen LogP contribution in [0.15, 0.2) is 16.8 Å². The maximum Gasteiger partial charge on any atom is 0.303 e. The monoisotopic (exact) mass is 503 g/mol. The lowest BCUT2D eigenvalue weighted by Crippen LogP contribution is -2.60. The molecule has 3 fully saturated rings. The Morgan fingerprint density at radius 2 is 1.80 bits per heavy atom. The number of ketones is 1. The molecule has 0 saturated heterocycles. The highest BCUT2D eigenvalue weighted by molar-refractivity contribution is 6.69. The zero-order valence-electron chi connectivity index (χ0n) is 23.0. The third kappa shape index (κ3) is 4.34. The van der Waals surface area contributed by atoms with Gasteiger partial charge in [0.25, 0.3) is 0 Å². The Labute approximate surface area is 212 Å².